The predicted octanol–water partition coefficient (Wildman–Crippen LogP) is 6.48. The van der Waals surface area contributed by atoms with E-state index in [9.17, 15) is 37.1 Å². The predicted molar refractivity (Wildman–Crippen MR) is 185 cm³/mol. The molecule has 13 heteroatoms. The van der Waals surface area contributed by atoms with Crippen LogP contribution < -0.4 is 5.32 Å². The molecule has 0 saturated carbocycles. The lowest BCUT2D eigenvalue weighted by Gasteiger charge is -2.29. The maximum Gasteiger partial charge on any atom is 0.416 e. The van der Waals surface area contributed by atoms with Crippen LogP contribution in [0, 0.1) is 0 Å². The first-order chi connectivity index (χ1) is 24.7. The Morgan fingerprint density at radius 2 is 1.29 bits per heavy atom. The summed E-state index contributed by atoms with van der Waals surface area (Å²) in [5.41, 5.74) is -1.38. The number of hydrogen-bond donors (Lipinski definition) is 1. The number of ether oxygens (including phenoxy) is 3. The molecule has 0 spiro atoms. The van der Waals surface area contributed by atoms with Gasteiger partial charge in [0.05, 0.1) is 36.4 Å². The van der Waals surface area contributed by atoms with Crippen molar-refractivity contribution in [2.45, 2.75) is 31.9 Å². The van der Waals surface area contributed by atoms with Gasteiger partial charge in [0.25, 0.3) is 11.8 Å². The van der Waals surface area contributed by atoms with Crippen LogP contribution in [-0.4, -0.2) is 68.5 Å². The van der Waals surface area contributed by atoms with Gasteiger partial charge in [-0.1, -0.05) is 66.7 Å². The van der Waals surface area contributed by atoms with Gasteiger partial charge in [0.15, 0.2) is 0 Å². The van der Waals surface area contributed by atoms with E-state index in [0.717, 1.165) is 12.1 Å². The molecule has 2 amide bonds. The van der Waals surface area contributed by atoms with Crippen LogP contribution in [0.2, 0.25) is 0 Å². The van der Waals surface area contributed by atoms with E-state index >= 15 is 0 Å². The first-order valence-electron chi connectivity index (χ1n) is 16.2. The van der Waals surface area contributed by atoms with Crippen molar-refractivity contribution in [3.8, 4) is 11.1 Å². The number of hydrogen-bond acceptors (Lipinski definition) is 8. The van der Waals surface area contributed by atoms with Gasteiger partial charge in [-0.3, -0.25) is 24.0 Å². The van der Waals surface area contributed by atoms with E-state index in [-0.39, 0.29) is 42.0 Å². The van der Waals surface area contributed by atoms with Gasteiger partial charge < -0.3 is 24.4 Å². The van der Waals surface area contributed by atoms with Crippen LogP contribution in [0.4, 0.5) is 18.9 Å². The van der Waals surface area contributed by atoms with Gasteiger partial charge in [-0.25, -0.2) is 0 Å². The molecule has 0 aliphatic heterocycles. The normalized spacial score (nSPS) is 11.3. The van der Waals surface area contributed by atoms with Crippen molar-refractivity contribution < 1.29 is 51.4 Å². The molecule has 0 aliphatic carbocycles. The highest BCUT2D eigenvalue weighted by atomic mass is 19.4. The number of carbonyl (C=O) groups is 5. The topological polar surface area (TPSA) is 128 Å². The lowest BCUT2D eigenvalue weighted by atomic mass is 9.81. The summed E-state index contributed by atoms with van der Waals surface area (Å²) >= 11 is 0. The lowest BCUT2D eigenvalue weighted by Crippen LogP contribution is -2.50. The van der Waals surface area contributed by atoms with E-state index in [2.05, 4.69) is 5.32 Å². The van der Waals surface area contributed by atoms with Gasteiger partial charge in [-0.2, -0.15) is 13.2 Å². The number of esters is 3. The minimum Gasteiger partial charge on any atom is -0.465 e. The second-order valence-corrected chi connectivity index (χ2v) is 11.7. The number of halogens is 3. The summed E-state index contributed by atoms with van der Waals surface area (Å²) in [5, 5.41) is 2.72. The van der Waals surface area contributed by atoms with E-state index in [1.807, 2.05) is 0 Å². The van der Waals surface area contributed by atoms with Crippen LogP contribution in [0.1, 0.15) is 51.3 Å². The maximum atomic E-state index is 13.6. The molecular formula is C39H37F3N2O8. The van der Waals surface area contributed by atoms with Crippen molar-refractivity contribution in [2.75, 3.05) is 39.2 Å². The van der Waals surface area contributed by atoms with Crippen LogP contribution >= 0.6 is 0 Å². The Hall–Kier alpha value is -5.98. The zero-order valence-corrected chi connectivity index (χ0v) is 28.9. The molecule has 0 bridgehead atoms. The number of nitrogens with one attached hydrogen (secondary N) is 1. The van der Waals surface area contributed by atoms with Crippen molar-refractivity contribution in [3.63, 3.8) is 0 Å². The van der Waals surface area contributed by atoms with Gasteiger partial charge >= 0.3 is 24.1 Å². The summed E-state index contributed by atoms with van der Waals surface area (Å²) < 4.78 is 55.4. The third-order valence-electron chi connectivity index (χ3n) is 7.98. The van der Waals surface area contributed by atoms with Crippen molar-refractivity contribution >= 4 is 35.4 Å². The third-order valence-corrected chi connectivity index (χ3v) is 7.98. The van der Waals surface area contributed by atoms with Crippen LogP contribution in [0.5, 0.6) is 0 Å². The van der Waals surface area contributed by atoms with Crippen molar-refractivity contribution in [2.24, 2.45) is 0 Å². The quantitative estimate of drug-likeness (QED) is 0.0946. The second-order valence-electron chi connectivity index (χ2n) is 11.7. The zero-order valence-electron chi connectivity index (χ0n) is 28.9. The summed E-state index contributed by atoms with van der Waals surface area (Å²) in [6, 6.07) is 23.0. The van der Waals surface area contributed by atoms with Gasteiger partial charge in [-0.15, -0.1) is 0 Å². The second kappa shape index (κ2) is 16.8. The fourth-order valence-corrected chi connectivity index (χ4v) is 5.35. The Morgan fingerprint density at radius 3 is 1.87 bits per heavy atom. The van der Waals surface area contributed by atoms with E-state index < -0.39 is 53.5 Å². The lowest BCUT2D eigenvalue weighted by molar-refractivity contribution is -0.170. The third kappa shape index (κ3) is 8.84. The first-order valence-corrected chi connectivity index (χ1v) is 16.2. The molecule has 4 aromatic carbocycles. The minimum absolute atomic E-state index is 0.0346. The smallest absolute Gasteiger partial charge is 0.416 e. The molecule has 1 N–H and O–H groups in total. The van der Waals surface area contributed by atoms with Crippen LogP contribution in [0.25, 0.3) is 11.1 Å². The van der Waals surface area contributed by atoms with Gasteiger partial charge in [0.2, 0.25) is 5.41 Å². The molecule has 0 atom stereocenters. The highest BCUT2D eigenvalue weighted by Crippen LogP contribution is 2.33. The SMILES string of the molecule is CCOC(=O)C(COC(=O)Cc1ccc(NC(=O)c2ccccc2-c2ccc(C(F)(F)F)cc2)c(C(=O)N(C)C)c1)(C(=O)OCC)c1ccccc1. The number of nitrogens with zero attached hydrogens (tertiary/aromatic N) is 1. The zero-order chi connectivity index (χ0) is 38.1. The van der Waals surface area contributed by atoms with Crippen molar-refractivity contribution in [3.05, 3.63) is 125 Å². The fraction of sp³-hybridized carbons (Fsp3) is 0.256. The Labute approximate surface area is 298 Å². The standard InChI is InChI=1S/C39H37F3N2O8/c1-5-50-36(48)38(37(49)51-6-2,27-12-8-7-9-13-27)24-52-33(45)23-25-16-21-32(31(22-25)35(47)44(3)4)43-34(46)30-15-11-10-14-29(30)26-17-19-28(20-18-26)39(40,41)42/h7-22H,5-6,23-24H2,1-4H3,(H,43,46). The number of benzene rings is 4. The molecule has 0 unspecified atom stereocenters. The molecule has 0 fully saturated rings. The Balaban J connectivity index is 1.60. The summed E-state index contributed by atoms with van der Waals surface area (Å²) in [5.74, 6) is -3.88. The Kier molecular flexibility index (Phi) is 12.6. The van der Waals surface area contributed by atoms with Crippen LogP contribution in [0.3, 0.4) is 0 Å². The average molecular weight is 719 g/mol. The summed E-state index contributed by atoms with van der Waals surface area (Å²) in [4.78, 5) is 67.9. The molecule has 272 valence electrons. The minimum atomic E-state index is -4.52. The molecule has 4 aromatic rings. The number of rotatable bonds is 13. The van der Waals surface area contributed by atoms with Crippen LogP contribution in [-0.2, 0) is 46.6 Å². The molecule has 52 heavy (non-hydrogen) atoms. The van der Waals surface area contributed by atoms with Gasteiger partial charge in [0.1, 0.15) is 6.61 Å². The Bertz CT molecular complexity index is 1910. The van der Waals surface area contributed by atoms with Crippen molar-refractivity contribution in [1.29, 1.82) is 0 Å². The summed E-state index contributed by atoms with van der Waals surface area (Å²) in [6.45, 7) is 2.33. The van der Waals surface area contributed by atoms with Gasteiger partial charge in [-0.05, 0) is 66.4 Å². The van der Waals surface area contributed by atoms with Crippen LogP contribution in [0.15, 0.2) is 97.1 Å². The number of alkyl halides is 3. The molecule has 0 saturated heterocycles. The fourth-order valence-electron chi connectivity index (χ4n) is 5.35. The molecule has 0 heterocycles. The number of amides is 2. The van der Waals surface area contributed by atoms with E-state index in [4.69, 9.17) is 14.2 Å². The molecular weight excluding hydrogens is 681 g/mol. The van der Waals surface area contributed by atoms with E-state index in [1.54, 1.807) is 50.2 Å². The van der Waals surface area contributed by atoms with Crippen molar-refractivity contribution in [1.82, 2.24) is 4.90 Å². The Morgan fingerprint density at radius 1 is 0.692 bits per heavy atom. The summed E-state index contributed by atoms with van der Waals surface area (Å²) in [7, 11) is 3.01. The number of carbonyl (C=O) groups excluding carboxylic acids is 5. The monoisotopic (exact) mass is 718 g/mol. The highest BCUT2D eigenvalue weighted by molar-refractivity contribution is 6.12. The molecule has 0 aromatic heterocycles. The average Bonchev–Trinajstić information content (AvgIpc) is 3.12. The van der Waals surface area contributed by atoms with E-state index in [1.165, 1.54) is 67.5 Å². The van der Waals surface area contributed by atoms with Gasteiger partial charge in [0, 0.05) is 19.7 Å². The number of anilines is 1. The maximum absolute atomic E-state index is 13.6. The molecule has 0 aliphatic rings. The largest absolute Gasteiger partial charge is 0.465 e. The molecule has 4 rings (SSSR count). The highest BCUT2D eigenvalue weighted by Gasteiger charge is 2.52. The molecule has 0 radical (unpaired) electrons. The molecule has 10 nitrogen and oxygen atoms in total. The summed E-state index contributed by atoms with van der Waals surface area (Å²) in [6.07, 6.45) is -4.90. The first kappa shape index (κ1) is 38.8. The van der Waals surface area contributed by atoms with E-state index in [0.29, 0.717) is 16.7 Å².